The minimum absolute atomic E-state index is 0.182. The lowest BCUT2D eigenvalue weighted by Crippen LogP contribution is -2.26. The zero-order chi connectivity index (χ0) is 15.0. The van der Waals surface area contributed by atoms with E-state index >= 15 is 0 Å². The minimum atomic E-state index is -0.182. The Morgan fingerprint density at radius 1 is 1.40 bits per heavy atom. The maximum atomic E-state index is 12.0. The predicted octanol–water partition coefficient (Wildman–Crippen LogP) is 2.07. The summed E-state index contributed by atoms with van der Waals surface area (Å²) in [5.74, 6) is 0.764. The Hall–Kier alpha value is -1.75. The van der Waals surface area contributed by atoms with Gasteiger partial charge in [-0.3, -0.25) is 4.79 Å². The Labute approximate surface area is 120 Å². The maximum Gasteiger partial charge on any atom is 0.255 e. The van der Waals surface area contributed by atoms with Crippen LogP contribution in [0.5, 0.6) is 5.75 Å². The summed E-state index contributed by atoms with van der Waals surface area (Å²) >= 11 is 0. The molecule has 0 unspecified atom stereocenters. The van der Waals surface area contributed by atoms with Crippen LogP contribution in [0, 0.1) is 5.92 Å². The molecule has 1 rings (SSSR count). The third-order valence-electron chi connectivity index (χ3n) is 2.70. The van der Waals surface area contributed by atoms with Gasteiger partial charge >= 0.3 is 0 Å². The molecule has 0 saturated carbocycles. The molecule has 0 spiro atoms. The first kappa shape index (κ1) is 16.3. The standard InChI is InChI=1S/C15H24N2O3/c1-11(2)10-20-9-5-8-17-15(18)12-6-4-7-13(16)14(12)19-3/h4,6-7,11H,5,8-10,16H2,1-3H3,(H,17,18). The van der Waals surface area contributed by atoms with Gasteiger partial charge in [0.25, 0.3) is 5.91 Å². The topological polar surface area (TPSA) is 73.6 Å². The second-order valence-electron chi connectivity index (χ2n) is 5.01. The quantitative estimate of drug-likeness (QED) is 0.565. The van der Waals surface area contributed by atoms with E-state index in [0.717, 1.165) is 13.0 Å². The minimum Gasteiger partial charge on any atom is -0.494 e. The molecule has 0 bridgehead atoms. The molecule has 0 aromatic heterocycles. The second kappa shape index (κ2) is 8.43. The SMILES string of the molecule is COc1c(N)cccc1C(=O)NCCCOCC(C)C. The molecule has 112 valence electrons. The van der Waals surface area contributed by atoms with Crippen LogP contribution in [0.25, 0.3) is 0 Å². The van der Waals surface area contributed by atoms with Gasteiger partial charge in [0.15, 0.2) is 5.75 Å². The molecule has 0 heterocycles. The van der Waals surface area contributed by atoms with Gasteiger partial charge in [-0.2, -0.15) is 0 Å². The van der Waals surface area contributed by atoms with Crippen molar-refractivity contribution >= 4 is 11.6 Å². The van der Waals surface area contributed by atoms with Crippen molar-refractivity contribution in [2.45, 2.75) is 20.3 Å². The molecule has 1 aromatic carbocycles. The van der Waals surface area contributed by atoms with Gasteiger partial charge in [0, 0.05) is 19.8 Å². The molecule has 1 amide bonds. The van der Waals surface area contributed by atoms with Crippen molar-refractivity contribution < 1.29 is 14.3 Å². The fraction of sp³-hybridized carbons (Fsp3) is 0.533. The Morgan fingerprint density at radius 2 is 2.15 bits per heavy atom. The number of rotatable bonds is 8. The molecule has 1 aromatic rings. The summed E-state index contributed by atoms with van der Waals surface area (Å²) in [6.45, 7) is 6.17. The summed E-state index contributed by atoms with van der Waals surface area (Å²) in [4.78, 5) is 12.0. The van der Waals surface area contributed by atoms with Crippen LogP contribution in [-0.2, 0) is 4.74 Å². The number of nitrogens with two attached hydrogens (primary N) is 1. The first-order chi connectivity index (χ1) is 9.56. The molecule has 0 radical (unpaired) electrons. The number of methoxy groups -OCH3 is 1. The zero-order valence-corrected chi connectivity index (χ0v) is 12.4. The number of nitrogens with one attached hydrogen (secondary N) is 1. The van der Waals surface area contributed by atoms with Crippen molar-refractivity contribution in [2.75, 3.05) is 32.6 Å². The number of carbonyl (C=O) groups is 1. The molecular formula is C15H24N2O3. The van der Waals surface area contributed by atoms with Gasteiger partial charge in [-0.1, -0.05) is 19.9 Å². The summed E-state index contributed by atoms with van der Waals surface area (Å²) in [7, 11) is 1.50. The van der Waals surface area contributed by atoms with Crippen LogP contribution in [0.4, 0.5) is 5.69 Å². The molecule has 5 heteroatoms. The molecule has 0 saturated heterocycles. The van der Waals surface area contributed by atoms with E-state index in [1.807, 2.05) is 0 Å². The summed E-state index contributed by atoms with van der Waals surface area (Å²) in [5, 5.41) is 2.83. The highest BCUT2D eigenvalue weighted by atomic mass is 16.5. The first-order valence-electron chi connectivity index (χ1n) is 6.84. The van der Waals surface area contributed by atoms with E-state index in [9.17, 15) is 4.79 Å². The van der Waals surface area contributed by atoms with Crippen LogP contribution in [0.2, 0.25) is 0 Å². The Bertz CT molecular complexity index is 433. The molecule has 5 nitrogen and oxygen atoms in total. The average Bonchev–Trinajstić information content (AvgIpc) is 2.41. The van der Waals surface area contributed by atoms with E-state index < -0.39 is 0 Å². The van der Waals surface area contributed by atoms with Crippen LogP contribution in [0.1, 0.15) is 30.6 Å². The molecule has 0 atom stereocenters. The molecule has 3 N–H and O–H groups in total. The largest absolute Gasteiger partial charge is 0.494 e. The van der Waals surface area contributed by atoms with Crippen LogP contribution >= 0.6 is 0 Å². The summed E-state index contributed by atoms with van der Waals surface area (Å²) in [6.07, 6.45) is 0.781. The molecule has 0 aliphatic carbocycles. The summed E-state index contributed by atoms with van der Waals surface area (Å²) in [6, 6.07) is 5.13. The number of hydrogen-bond acceptors (Lipinski definition) is 4. The average molecular weight is 280 g/mol. The van der Waals surface area contributed by atoms with Crippen LogP contribution in [0.15, 0.2) is 18.2 Å². The molecule has 20 heavy (non-hydrogen) atoms. The fourth-order valence-corrected chi connectivity index (χ4v) is 1.75. The lowest BCUT2D eigenvalue weighted by atomic mass is 10.1. The van der Waals surface area contributed by atoms with Crippen molar-refractivity contribution in [3.8, 4) is 5.75 Å². The third kappa shape index (κ3) is 5.09. The fourth-order valence-electron chi connectivity index (χ4n) is 1.75. The number of para-hydroxylation sites is 1. The second-order valence-corrected chi connectivity index (χ2v) is 5.01. The van der Waals surface area contributed by atoms with Gasteiger partial charge < -0.3 is 20.5 Å². The number of amides is 1. The number of benzene rings is 1. The lowest BCUT2D eigenvalue weighted by Gasteiger charge is -2.11. The van der Waals surface area contributed by atoms with Crippen LogP contribution in [0.3, 0.4) is 0 Å². The van der Waals surface area contributed by atoms with E-state index in [0.29, 0.717) is 36.1 Å². The van der Waals surface area contributed by atoms with Gasteiger partial charge in [0.05, 0.1) is 18.4 Å². The normalized spacial score (nSPS) is 10.6. The number of carbonyl (C=O) groups excluding carboxylic acids is 1. The highest BCUT2D eigenvalue weighted by molar-refractivity contribution is 5.98. The summed E-state index contributed by atoms with van der Waals surface area (Å²) < 4.78 is 10.6. The molecule has 0 aliphatic heterocycles. The van der Waals surface area contributed by atoms with Gasteiger partial charge in [-0.15, -0.1) is 0 Å². The number of anilines is 1. The van der Waals surface area contributed by atoms with E-state index in [1.165, 1.54) is 7.11 Å². The van der Waals surface area contributed by atoms with Gasteiger partial charge in [-0.25, -0.2) is 0 Å². The van der Waals surface area contributed by atoms with Gasteiger partial charge in [-0.05, 0) is 24.5 Å². The van der Waals surface area contributed by atoms with E-state index in [4.69, 9.17) is 15.2 Å². The number of ether oxygens (including phenoxy) is 2. The van der Waals surface area contributed by atoms with Crippen LogP contribution in [-0.4, -0.2) is 32.8 Å². The van der Waals surface area contributed by atoms with Crippen molar-refractivity contribution in [2.24, 2.45) is 5.92 Å². The van der Waals surface area contributed by atoms with Gasteiger partial charge in [0.2, 0.25) is 0 Å². The van der Waals surface area contributed by atoms with Crippen LogP contribution < -0.4 is 15.8 Å². The Morgan fingerprint density at radius 3 is 2.80 bits per heavy atom. The lowest BCUT2D eigenvalue weighted by molar-refractivity contribution is 0.0922. The monoisotopic (exact) mass is 280 g/mol. The smallest absolute Gasteiger partial charge is 0.255 e. The number of nitrogen functional groups attached to an aromatic ring is 1. The van der Waals surface area contributed by atoms with Crippen molar-refractivity contribution in [3.63, 3.8) is 0 Å². The van der Waals surface area contributed by atoms with Crippen molar-refractivity contribution in [1.29, 1.82) is 0 Å². The third-order valence-corrected chi connectivity index (χ3v) is 2.70. The van der Waals surface area contributed by atoms with Gasteiger partial charge in [0.1, 0.15) is 0 Å². The van der Waals surface area contributed by atoms with E-state index in [-0.39, 0.29) is 5.91 Å². The molecular weight excluding hydrogens is 256 g/mol. The van der Waals surface area contributed by atoms with Crippen molar-refractivity contribution in [1.82, 2.24) is 5.32 Å². The number of hydrogen-bond donors (Lipinski definition) is 2. The maximum absolute atomic E-state index is 12.0. The zero-order valence-electron chi connectivity index (χ0n) is 12.4. The predicted molar refractivity (Wildman–Crippen MR) is 80.0 cm³/mol. The van der Waals surface area contributed by atoms with E-state index in [2.05, 4.69) is 19.2 Å². The summed E-state index contributed by atoms with van der Waals surface area (Å²) in [5.41, 5.74) is 6.68. The Balaban J connectivity index is 2.38. The Kier molecular flexibility index (Phi) is 6.87. The molecule has 0 aliphatic rings. The first-order valence-corrected chi connectivity index (χ1v) is 6.84. The molecule has 0 fully saturated rings. The van der Waals surface area contributed by atoms with Crippen molar-refractivity contribution in [3.05, 3.63) is 23.8 Å². The highest BCUT2D eigenvalue weighted by Crippen LogP contribution is 2.25. The van der Waals surface area contributed by atoms with E-state index in [1.54, 1.807) is 18.2 Å². The highest BCUT2D eigenvalue weighted by Gasteiger charge is 2.13.